The van der Waals surface area contributed by atoms with E-state index in [1.807, 2.05) is 0 Å². The Kier molecular flexibility index (Phi) is 9.96. The van der Waals surface area contributed by atoms with Gasteiger partial charge in [0.05, 0.1) is 5.41 Å². The molecule has 1 nitrogen and oxygen atoms in total. The SMILES string of the molecule is c1ccc(-c2ccc(N(c3ccc(-c4ccccc4)cc3)c3ccc4c(c3)C(c3ccccc3)(c3ccccc3)c3cc(CC5c6ccc7ccccc7c6-c6cccc7cccc5c67)ccc3-4)cc2)cc1. The fourth-order valence-electron chi connectivity index (χ4n) is 12.5. The first-order chi connectivity index (χ1) is 35.7. The lowest BCUT2D eigenvalue weighted by Gasteiger charge is -2.35. The number of anilines is 3. The van der Waals surface area contributed by atoms with Crippen LogP contribution in [0.3, 0.4) is 0 Å². The van der Waals surface area contributed by atoms with Crippen molar-refractivity contribution in [2.24, 2.45) is 0 Å². The first-order valence-electron chi connectivity index (χ1n) is 25.2. The number of hydrogen-bond acceptors (Lipinski definition) is 1. The Morgan fingerprint density at radius 2 is 0.833 bits per heavy atom. The fraction of sp³-hybridized carbons (Fsp3) is 0.0423. The standard InChI is InChI=1S/C71H49N/c1-5-17-49(18-6-1)51-32-37-57(38-33-51)72(58-39-34-52(35-40-58)50-19-7-2-8-20-50)59-41-44-62-61-42-31-48(46-67(61)71(68(62)47-59,55-24-9-3-10-25-55)56-26-11-4-12-27-56)45-66-63-29-15-22-54-23-16-30-65(69(54)63)70-60-28-14-13-21-53(60)36-43-64(66)70/h1-44,46-47,66H,45H2. The Morgan fingerprint density at radius 1 is 0.333 bits per heavy atom. The summed E-state index contributed by atoms with van der Waals surface area (Å²) >= 11 is 0. The molecule has 0 bridgehead atoms. The molecule has 0 fully saturated rings. The molecule has 0 saturated heterocycles. The maximum Gasteiger partial charge on any atom is 0.0714 e. The number of rotatable bonds is 9. The van der Waals surface area contributed by atoms with Crippen LogP contribution in [0.15, 0.2) is 279 Å². The van der Waals surface area contributed by atoms with E-state index in [9.17, 15) is 0 Å². The van der Waals surface area contributed by atoms with E-state index in [2.05, 4.69) is 284 Å². The summed E-state index contributed by atoms with van der Waals surface area (Å²) < 4.78 is 0. The maximum atomic E-state index is 2.57. The van der Waals surface area contributed by atoms with Crippen molar-refractivity contribution in [3.8, 4) is 44.5 Å². The van der Waals surface area contributed by atoms with Crippen molar-refractivity contribution < 1.29 is 0 Å². The molecule has 0 aromatic heterocycles. The number of fused-ring (bicyclic) bond motifs is 7. The third-order valence-corrected chi connectivity index (χ3v) is 15.7. The van der Waals surface area contributed by atoms with E-state index in [4.69, 9.17) is 0 Å². The second kappa shape index (κ2) is 17.1. The minimum atomic E-state index is -0.605. The molecule has 72 heavy (non-hydrogen) atoms. The number of hydrogen-bond donors (Lipinski definition) is 0. The summed E-state index contributed by atoms with van der Waals surface area (Å²) in [6.07, 6.45) is 0.874. The van der Waals surface area contributed by atoms with Crippen LogP contribution >= 0.6 is 0 Å². The fourth-order valence-corrected chi connectivity index (χ4v) is 12.5. The Hall–Kier alpha value is -9.04. The first kappa shape index (κ1) is 41.9. The summed E-state index contributed by atoms with van der Waals surface area (Å²) in [5.41, 5.74) is 22.0. The number of nitrogens with zero attached hydrogens (tertiary/aromatic N) is 1. The molecule has 1 heteroatoms. The van der Waals surface area contributed by atoms with Crippen molar-refractivity contribution >= 4 is 38.6 Å². The molecule has 1 atom stereocenters. The minimum absolute atomic E-state index is 0.176. The third-order valence-electron chi connectivity index (χ3n) is 15.7. The van der Waals surface area contributed by atoms with Gasteiger partial charge in [-0.3, -0.25) is 0 Å². The highest BCUT2D eigenvalue weighted by Gasteiger charge is 2.47. The molecule has 12 aromatic carbocycles. The van der Waals surface area contributed by atoms with Crippen molar-refractivity contribution in [3.63, 3.8) is 0 Å². The molecule has 2 aliphatic rings. The second-order valence-corrected chi connectivity index (χ2v) is 19.5. The van der Waals surface area contributed by atoms with Gasteiger partial charge in [-0.05, 0) is 148 Å². The third kappa shape index (κ3) is 6.69. The van der Waals surface area contributed by atoms with E-state index < -0.39 is 5.41 Å². The predicted molar refractivity (Wildman–Crippen MR) is 302 cm³/mol. The van der Waals surface area contributed by atoms with Gasteiger partial charge in [0, 0.05) is 23.0 Å². The summed E-state index contributed by atoms with van der Waals surface area (Å²) in [5, 5.41) is 5.28. The van der Waals surface area contributed by atoms with E-state index in [1.165, 1.54) is 105 Å². The van der Waals surface area contributed by atoms with Crippen LogP contribution < -0.4 is 4.90 Å². The van der Waals surface area contributed by atoms with Crippen LogP contribution in [0.25, 0.3) is 66.1 Å². The highest BCUT2D eigenvalue weighted by atomic mass is 15.1. The summed E-state index contributed by atoms with van der Waals surface area (Å²) in [7, 11) is 0. The maximum absolute atomic E-state index is 2.57. The summed E-state index contributed by atoms with van der Waals surface area (Å²) in [6.45, 7) is 0. The lowest BCUT2D eigenvalue weighted by Crippen LogP contribution is -2.29. The van der Waals surface area contributed by atoms with Gasteiger partial charge in [-0.1, -0.05) is 243 Å². The van der Waals surface area contributed by atoms with E-state index in [-0.39, 0.29) is 5.92 Å². The van der Waals surface area contributed by atoms with E-state index in [0.29, 0.717) is 0 Å². The van der Waals surface area contributed by atoms with Crippen LogP contribution in [0, 0.1) is 0 Å². The zero-order chi connectivity index (χ0) is 47.6. The lowest BCUT2D eigenvalue weighted by molar-refractivity contribution is 0.760. The molecular weight excluding hydrogens is 867 g/mol. The Labute approximate surface area is 421 Å². The predicted octanol–water partition coefficient (Wildman–Crippen LogP) is 18.5. The molecular formula is C71H49N. The van der Waals surface area contributed by atoms with Gasteiger partial charge in [-0.15, -0.1) is 0 Å². The molecule has 0 heterocycles. The summed E-state index contributed by atoms with van der Waals surface area (Å²) in [5.74, 6) is 0.176. The molecule has 0 radical (unpaired) electrons. The Bertz CT molecular complexity index is 3840. The van der Waals surface area contributed by atoms with Crippen molar-refractivity contribution in [3.05, 3.63) is 318 Å². The topological polar surface area (TPSA) is 3.24 Å². The van der Waals surface area contributed by atoms with Gasteiger partial charge in [0.1, 0.15) is 0 Å². The largest absolute Gasteiger partial charge is 0.310 e. The highest BCUT2D eigenvalue weighted by molar-refractivity contribution is 6.10. The quantitative estimate of drug-likeness (QED) is 0.139. The average molecular weight is 916 g/mol. The minimum Gasteiger partial charge on any atom is -0.310 e. The molecule has 0 amide bonds. The molecule has 0 spiro atoms. The molecule has 0 saturated carbocycles. The normalized spacial score (nSPS) is 13.9. The van der Waals surface area contributed by atoms with Gasteiger partial charge in [0.15, 0.2) is 0 Å². The molecule has 0 aliphatic heterocycles. The number of benzene rings is 12. The smallest absolute Gasteiger partial charge is 0.0714 e. The van der Waals surface area contributed by atoms with Gasteiger partial charge in [-0.2, -0.15) is 0 Å². The van der Waals surface area contributed by atoms with Crippen LogP contribution in [0.2, 0.25) is 0 Å². The van der Waals surface area contributed by atoms with Gasteiger partial charge < -0.3 is 4.90 Å². The Morgan fingerprint density at radius 3 is 1.46 bits per heavy atom. The monoisotopic (exact) mass is 915 g/mol. The van der Waals surface area contributed by atoms with Gasteiger partial charge in [0.2, 0.25) is 0 Å². The summed E-state index contributed by atoms with van der Waals surface area (Å²) in [4.78, 5) is 2.43. The molecule has 2 aliphatic carbocycles. The van der Waals surface area contributed by atoms with Crippen molar-refractivity contribution in [1.82, 2.24) is 0 Å². The van der Waals surface area contributed by atoms with Crippen LogP contribution in [-0.4, -0.2) is 0 Å². The molecule has 338 valence electrons. The van der Waals surface area contributed by atoms with Crippen LogP contribution in [0.1, 0.15) is 44.9 Å². The van der Waals surface area contributed by atoms with Crippen molar-refractivity contribution in [1.29, 1.82) is 0 Å². The molecule has 12 aromatic rings. The first-order valence-corrected chi connectivity index (χ1v) is 25.2. The second-order valence-electron chi connectivity index (χ2n) is 19.5. The zero-order valence-electron chi connectivity index (χ0n) is 39.8. The van der Waals surface area contributed by atoms with Gasteiger partial charge >= 0.3 is 0 Å². The van der Waals surface area contributed by atoms with Crippen LogP contribution in [-0.2, 0) is 11.8 Å². The van der Waals surface area contributed by atoms with E-state index >= 15 is 0 Å². The van der Waals surface area contributed by atoms with Gasteiger partial charge in [-0.25, -0.2) is 0 Å². The van der Waals surface area contributed by atoms with Gasteiger partial charge in [0.25, 0.3) is 0 Å². The molecule has 0 N–H and O–H groups in total. The van der Waals surface area contributed by atoms with Crippen molar-refractivity contribution in [2.75, 3.05) is 4.90 Å². The van der Waals surface area contributed by atoms with Crippen molar-refractivity contribution in [2.45, 2.75) is 17.8 Å². The summed E-state index contributed by atoms with van der Waals surface area (Å²) in [6, 6.07) is 104. The zero-order valence-corrected chi connectivity index (χ0v) is 39.8. The van der Waals surface area contributed by atoms with E-state index in [0.717, 1.165) is 23.5 Å². The van der Waals surface area contributed by atoms with Crippen LogP contribution in [0.5, 0.6) is 0 Å². The average Bonchev–Trinajstić information content (AvgIpc) is 3.75. The van der Waals surface area contributed by atoms with E-state index in [1.54, 1.807) is 0 Å². The lowest BCUT2D eigenvalue weighted by atomic mass is 9.67. The van der Waals surface area contributed by atoms with Crippen LogP contribution in [0.4, 0.5) is 17.1 Å². The Balaban J connectivity index is 0.953. The molecule has 1 unspecified atom stereocenters. The molecule has 14 rings (SSSR count). The highest BCUT2D eigenvalue weighted by Crippen LogP contribution is 2.58.